The molecule has 0 saturated carbocycles. The third-order valence-corrected chi connectivity index (χ3v) is 6.93. The number of rotatable bonds is 3. The van der Waals surface area contributed by atoms with Crippen molar-refractivity contribution in [2.45, 2.75) is 13.5 Å². The summed E-state index contributed by atoms with van der Waals surface area (Å²) >= 11 is 0. The summed E-state index contributed by atoms with van der Waals surface area (Å²) in [7, 11) is 0. The molecule has 0 aliphatic rings. The van der Waals surface area contributed by atoms with Crippen LogP contribution >= 0.6 is 0 Å². The fraction of sp³-hybridized carbons (Fsp3) is 0.0625. The Morgan fingerprint density at radius 2 is 1.24 bits per heavy atom. The molecule has 0 aliphatic heterocycles. The highest BCUT2D eigenvalue weighted by Gasteiger charge is 2.19. The van der Waals surface area contributed by atoms with E-state index in [4.69, 9.17) is 4.42 Å². The number of aryl methyl sites for hydroxylation is 1. The first-order valence-electron chi connectivity index (χ1n) is 11.7. The quantitative estimate of drug-likeness (QED) is 0.279. The van der Waals surface area contributed by atoms with Crippen molar-refractivity contribution in [1.29, 1.82) is 0 Å². The Hall–Kier alpha value is -4.30. The van der Waals surface area contributed by atoms with E-state index in [1.807, 2.05) is 0 Å². The standard InChI is InChI=1S/C32H23NO/c1-20-15-16-26-29(17-20)34-32-30-25-14-8-7-12-23(25)22-11-5-6-13-24(22)27(30)18-28(31(26)32)33-19-21-9-3-2-4-10-21/h2-18,33H,19H2,1H3. The molecule has 0 bridgehead atoms. The topological polar surface area (TPSA) is 25.2 Å². The van der Waals surface area contributed by atoms with Gasteiger partial charge in [0.25, 0.3) is 0 Å². The molecule has 0 amide bonds. The molecule has 2 nitrogen and oxygen atoms in total. The average Bonchev–Trinajstić information content (AvgIpc) is 3.26. The number of fused-ring (bicyclic) bond motifs is 10. The van der Waals surface area contributed by atoms with E-state index in [9.17, 15) is 0 Å². The van der Waals surface area contributed by atoms with Crippen LogP contribution in [0.3, 0.4) is 0 Å². The molecule has 1 heterocycles. The summed E-state index contributed by atoms with van der Waals surface area (Å²) in [5, 5.41) is 13.4. The Balaban J connectivity index is 1.64. The molecule has 2 heteroatoms. The maximum Gasteiger partial charge on any atom is 0.145 e. The first-order chi connectivity index (χ1) is 16.8. The van der Waals surface area contributed by atoms with Crippen molar-refractivity contribution in [2.24, 2.45) is 0 Å². The highest BCUT2D eigenvalue weighted by Crippen LogP contribution is 2.45. The Morgan fingerprint density at radius 3 is 2.00 bits per heavy atom. The lowest BCUT2D eigenvalue weighted by atomic mass is 9.92. The Kier molecular flexibility index (Phi) is 4.16. The molecule has 1 N–H and O–H groups in total. The molecule has 0 radical (unpaired) electrons. The van der Waals surface area contributed by atoms with Gasteiger partial charge in [-0.25, -0.2) is 0 Å². The minimum atomic E-state index is 0.755. The molecule has 0 fully saturated rings. The summed E-state index contributed by atoms with van der Waals surface area (Å²) in [5.74, 6) is 0. The molecule has 1 aromatic heterocycles. The maximum atomic E-state index is 6.66. The number of nitrogens with one attached hydrogen (secondary N) is 1. The third kappa shape index (κ3) is 2.82. The monoisotopic (exact) mass is 437 g/mol. The van der Waals surface area contributed by atoms with Crippen molar-refractivity contribution in [2.75, 3.05) is 5.32 Å². The van der Waals surface area contributed by atoms with Crippen LogP contribution in [0.15, 0.2) is 108 Å². The van der Waals surface area contributed by atoms with Crippen molar-refractivity contribution in [3.63, 3.8) is 0 Å². The van der Waals surface area contributed by atoms with Crippen LogP contribution in [0, 0.1) is 6.92 Å². The molecule has 162 valence electrons. The molecule has 0 saturated heterocycles. The molecule has 6 aromatic carbocycles. The van der Waals surface area contributed by atoms with E-state index in [1.54, 1.807) is 0 Å². The normalized spacial score (nSPS) is 11.8. The first-order valence-corrected chi connectivity index (χ1v) is 11.7. The van der Waals surface area contributed by atoms with Gasteiger partial charge in [-0.2, -0.15) is 0 Å². The van der Waals surface area contributed by atoms with Crippen molar-refractivity contribution < 1.29 is 4.42 Å². The highest BCUT2D eigenvalue weighted by atomic mass is 16.3. The van der Waals surface area contributed by atoms with Gasteiger partial charge in [0, 0.05) is 23.0 Å². The number of furan rings is 1. The van der Waals surface area contributed by atoms with Crippen LogP contribution in [0.1, 0.15) is 11.1 Å². The van der Waals surface area contributed by atoms with Crippen molar-refractivity contribution in [3.8, 4) is 0 Å². The Labute approximate surface area is 197 Å². The Morgan fingerprint density at radius 1 is 0.588 bits per heavy atom. The summed E-state index contributed by atoms with van der Waals surface area (Å²) in [6.45, 7) is 2.87. The molecular formula is C32H23NO. The lowest BCUT2D eigenvalue weighted by Crippen LogP contribution is -2.00. The van der Waals surface area contributed by atoms with E-state index in [-0.39, 0.29) is 0 Å². The lowest BCUT2D eigenvalue weighted by molar-refractivity contribution is 0.672. The molecule has 0 atom stereocenters. The number of hydrogen-bond donors (Lipinski definition) is 1. The van der Waals surface area contributed by atoms with E-state index < -0.39 is 0 Å². The van der Waals surface area contributed by atoms with Crippen molar-refractivity contribution in [1.82, 2.24) is 0 Å². The van der Waals surface area contributed by atoms with Crippen LogP contribution < -0.4 is 5.32 Å². The van der Waals surface area contributed by atoms with E-state index >= 15 is 0 Å². The minimum absolute atomic E-state index is 0.755. The van der Waals surface area contributed by atoms with Crippen molar-refractivity contribution in [3.05, 3.63) is 114 Å². The lowest BCUT2D eigenvalue weighted by Gasteiger charge is -2.14. The SMILES string of the molecule is Cc1ccc2c(c1)oc1c2c(NCc2ccccc2)cc2c3ccccc3c3ccccc3c21. The number of benzene rings is 6. The summed E-state index contributed by atoms with van der Waals surface area (Å²) < 4.78 is 6.66. The molecule has 0 unspecified atom stereocenters. The molecule has 34 heavy (non-hydrogen) atoms. The van der Waals surface area contributed by atoms with E-state index in [1.165, 1.54) is 43.4 Å². The predicted octanol–water partition coefficient (Wildman–Crippen LogP) is 8.97. The van der Waals surface area contributed by atoms with E-state index in [0.717, 1.165) is 34.2 Å². The van der Waals surface area contributed by atoms with Crippen LogP contribution in [0.25, 0.3) is 54.3 Å². The van der Waals surface area contributed by atoms with Gasteiger partial charge in [0.05, 0.1) is 5.39 Å². The fourth-order valence-electron chi connectivity index (χ4n) is 5.36. The van der Waals surface area contributed by atoms with Crippen LogP contribution in [-0.4, -0.2) is 0 Å². The van der Waals surface area contributed by atoms with Crippen LogP contribution in [0.5, 0.6) is 0 Å². The van der Waals surface area contributed by atoms with Crippen molar-refractivity contribution >= 4 is 59.9 Å². The van der Waals surface area contributed by atoms with Gasteiger partial charge in [-0.05, 0) is 57.1 Å². The first kappa shape index (κ1) is 19.2. The average molecular weight is 438 g/mol. The molecule has 7 rings (SSSR count). The van der Waals surface area contributed by atoms with Gasteiger partial charge in [0.1, 0.15) is 11.2 Å². The molecular weight excluding hydrogens is 414 g/mol. The van der Waals surface area contributed by atoms with Gasteiger partial charge in [-0.15, -0.1) is 0 Å². The second-order valence-electron chi connectivity index (χ2n) is 9.08. The minimum Gasteiger partial charge on any atom is -0.455 e. The zero-order valence-electron chi connectivity index (χ0n) is 18.9. The zero-order chi connectivity index (χ0) is 22.6. The maximum absolute atomic E-state index is 6.66. The smallest absolute Gasteiger partial charge is 0.145 e. The van der Waals surface area contributed by atoms with Crippen LogP contribution in [0.4, 0.5) is 5.69 Å². The van der Waals surface area contributed by atoms with Gasteiger partial charge in [0.2, 0.25) is 0 Å². The second-order valence-corrected chi connectivity index (χ2v) is 9.08. The van der Waals surface area contributed by atoms with Gasteiger partial charge < -0.3 is 9.73 Å². The van der Waals surface area contributed by atoms with Gasteiger partial charge >= 0.3 is 0 Å². The van der Waals surface area contributed by atoms with Gasteiger partial charge in [-0.3, -0.25) is 0 Å². The fourth-order valence-corrected chi connectivity index (χ4v) is 5.36. The number of hydrogen-bond acceptors (Lipinski definition) is 2. The second kappa shape index (κ2) is 7.36. The molecule has 7 aromatic rings. The highest BCUT2D eigenvalue weighted by molar-refractivity contribution is 6.34. The van der Waals surface area contributed by atoms with E-state index in [0.29, 0.717) is 0 Å². The van der Waals surface area contributed by atoms with Gasteiger partial charge in [-0.1, -0.05) is 91.0 Å². The van der Waals surface area contributed by atoms with Gasteiger partial charge in [0.15, 0.2) is 0 Å². The molecule has 0 aliphatic carbocycles. The molecule has 0 spiro atoms. The third-order valence-electron chi connectivity index (χ3n) is 6.93. The summed E-state index contributed by atoms with van der Waals surface area (Å²) in [4.78, 5) is 0. The zero-order valence-corrected chi connectivity index (χ0v) is 18.9. The number of anilines is 1. The van der Waals surface area contributed by atoms with E-state index in [2.05, 4.69) is 115 Å². The largest absolute Gasteiger partial charge is 0.455 e. The van der Waals surface area contributed by atoms with Crippen LogP contribution in [0.2, 0.25) is 0 Å². The Bertz CT molecular complexity index is 1860. The summed E-state index contributed by atoms with van der Waals surface area (Å²) in [6.07, 6.45) is 0. The van der Waals surface area contributed by atoms with Crippen LogP contribution in [-0.2, 0) is 6.54 Å². The summed E-state index contributed by atoms with van der Waals surface area (Å²) in [5.41, 5.74) is 5.44. The predicted molar refractivity (Wildman–Crippen MR) is 145 cm³/mol. The summed E-state index contributed by atoms with van der Waals surface area (Å²) in [6, 6.07) is 36.8.